The number of nitrogens with one attached hydrogen (secondary N) is 1. The standard InChI is InChI=1S/C24H28N4O/c1-18-8-9-23-21(16-18)22(17-19(2)26-23)24(29)25-10-11-27-12-14-28(15-13-27)20-6-4-3-5-7-20/h3-9,16-17H,10-15H2,1-2H3,(H,25,29). The number of fused-ring (bicyclic) bond motifs is 1. The Bertz CT molecular complexity index is 994. The Hall–Kier alpha value is -2.92. The number of anilines is 1. The van der Waals surface area contributed by atoms with Crippen molar-refractivity contribution in [3.05, 3.63) is 71.4 Å². The molecule has 0 spiro atoms. The van der Waals surface area contributed by atoms with Gasteiger partial charge in [0.1, 0.15) is 0 Å². The first-order valence-electron chi connectivity index (χ1n) is 10.3. The summed E-state index contributed by atoms with van der Waals surface area (Å²) in [5.74, 6) is -0.0194. The van der Waals surface area contributed by atoms with Gasteiger partial charge in [0, 0.05) is 56.0 Å². The molecule has 1 saturated heterocycles. The maximum Gasteiger partial charge on any atom is 0.252 e. The second kappa shape index (κ2) is 8.62. The van der Waals surface area contributed by atoms with Gasteiger partial charge in [0.15, 0.2) is 0 Å². The number of piperazine rings is 1. The van der Waals surface area contributed by atoms with Gasteiger partial charge in [-0.3, -0.25) is 14.7 Å². The molecular weight excluding hydrogens is 360 g/mol. The van der Waals surface area contributed by atoms with Crippen LogP contribution in [0.15, 0.2) is 54.6 Å². The van der Waals surface area contributed by atoms with E-state index in [0.29, 0.717) is 12.1 Å². The lowest BCUT2D eigenvalue weighted by Gasteiger charge is -2.36. The minimum absolute atomic E-state index is 0.0194. The number of para-hydroxylation sites is 1. The van der Waals surface area contributed by atoms with Crippen molar-refractivity contribution in [1.82, 2.24) is 15.2 Å². The minimum Gasteiger partial charge on any atom is -0.369 e. The van der Waals surface area contributed by atoms with E-state index in [1.165, 1.54) is 5.69 Å². The normalized spacial score (nSPS) is 14.9. The number of nitrogens with zero attached hydrogens (tertiary/aromatic N) is 3. The lowest BCUT2D eigenvalue weighted by Crippen LogP contribution is -2.48. The van der Waals surface area contributed by atoms with Crippen molar-refractivity contribution in [1.29, 1.82) is 0 Å². The topological polar surface area (TPSA) is 48.5 Å². The third kappa shape index (κ3) is 4.57. The summed E-state index contributed by atoms with van der Waals surface area (Å²) in [5.41, 5.74) is 4.87. The molecule has 29 heavy (non-hydrogen) atoms. The molecule has 5 nitrogen and oxygen atoms in total. The van der Waals surface area contributed by atoms with Gasteiger partial charge in [-0.15, -0.1) is 0 Å². The number of benzene rings is 2. The second-order valence-corrected chi connectivity index (χ2v) is 7.75. The average Bonchev–Trinajstić information content (AvgIpc) is 2.74. The van der Waals surface area contributed by atoms with Crippen molar-refractivity contribution in [2.24, 2.45) is 0 Å². The molecular formula is C24H28N4O. The van der Waals surface area contributed by atoms with Crippen molar-refractivity contribution in [3.8, 4) is 0 Å². The van der Waals surface area contributed by atoms with E-state index < -0.39 is 0 Å². The van der Waals surface area contributed by atoms with Crippen LogP contribution in [0.25, 0.3) is 10.9 Å². The highest BCUT2D eigenvalue weighted by Gasteiger charge is 2.17. The summed E-state index contributed by atoms with van der Waals surface area (Å²) < 4.78 is 0. The van der Waals surface area contributed by atoms with Crippen LogP contribution in [0, 0.1) is 13.8 Å². The van der Waals surface area contributed by atoms with Gasteiger partial charge in [0.25, 0.3) is 5.91 Å². The van der Waals surface area contributed by atoms with E-state index in [-0.39, 0.29) is 5.91 Å². The molecule has 4 rings (SSSR count). The van der Waals surface area contributed by atoms with Crippen molar-refractivity contribution < 1.29 is 4.79 Å². The van der Waals surface area contributed by atoms with Crippen molar-refractivity contribution >= 4 is 22.5 Å². The first-order valence-corrected chi connectivity index (χ1v) is 10.3. The van der Waals surface area contributed by atoms with Gasteiger partial charge < -0.3 is 10.2 Å². The van der Waals surface area contributed by atoms with E-state index >= 15 is 0 Å². The molecule has 1 aliphatic heterocycles. The lowest BCUT2D eigenvalue weighted by molar-refractivity contribution is 0.0949. The monoisotopic (exact) mass is 388 g/mol. The van der Waals surface area contributed by atoms with E-state index in [2.05, 4.69) is 50.4 Å². The van der Waals surface area contributed by atoms with Gasteiger partial charge in [0.05, 0.1) is 11.1 Å². The molecule has 0 radical (unpaired) electrons. The minimum atomic E-state index is -0.0194. The van der Waals surface area contributed by atoms with Gasteiger partial charge in [0.2, 0.25) is 0 Å². The molecule has 5 heteroatoms. The van der Waals surface area contributed by atoms with Gasteiger partial charge in [-0.25, -0.2) is 0 Å². The smallest absolute Gasteiger partial charge is 0.252 e. The molecule has 0 saturated carbocycles. The van der Waals surface area contributed by atoms with Crippen LogP contribution in [0.4, 0.5) is 5.69 Å². The summed E-state index contributed by atoms with van der Waals surface area (Å²) in [6.07, 6.45) is 0. The van der Waals surface area contributed by atoms with Crippen LogP contribution in [0.2, 0.25) is 0 Å². The third-order valence-electron chi connectivity index (χ3n) is 5.54. The number of aromatic nitrogens is 1. The maximum atomic E-state index is 12.8. The van der Waals surface area contributed by atoms with Crippen molar-refractivity contribution in [3.63, 3.8) is 0 Å². The molecule has 0 atom stereocenters. The summed E-state index contributed by atoms with van der Waals surface area (Å²) in [7, 11) is 0. The van der Waals surface area contributed by atoms with E-state index in [9.17, 15) is 4.79 Å². The van der Waals surface area contributed by atoms with Crippen LogP contribution in [-0.4, -0.2) is 55.1 Å². The Balaban J connectivity index is 1.32. The van der Waals surface area contributed by atoms with Crippen LogP contribution >= 0.6 is 0 Å². The molecule has 1 aromatic heterocycles. The van der Waals surface area contributed by atoms with Crippen molar-refractivity contribution in [2.45, 2.75) is 13.8 Å². The molecule has 0 aliphatic carbocycles. The zero-order valence-electron chi connectivity index (χ0n) is 17.2. The summed E-state index contributed by atoms with van der Waals surface area (Å²) in [6, 6.07) is 18.5. The summed E-state index contributed by atoms with van der Waals surface area (Å²) >= 11 is 0. The van der Waals surface area contributed by atoms with Crippen LogP contribution in [0.5, 0.6) is 0 Å². The maximum absolute atomic E-state index is 12.8. The number of hydrogen-bond acceptors (Lipinski definition) is 4. The van der Waals surface area contributed by atoms with Crippen molar-refractivity contribution in [2.75, 3.05) is 44.2 Å². The zero-order chi connectivity index (χ0) is 20.2. The molecule has 0 bridgehead atoms. The number of pyridine rings is 1. The second-order valence-electron chi connectivity index (χ2n) is 7.75. The molecule has 1 aliphatic rings. The van der Waals surface area contributed by atoms with Gasteiger partial charge >= 0.3 is 0 Å². The van der Waals surface area contributed by atoms with Gasteiger partial charge in [-0.05, 0) is 44.2 Å². The Morgan fingerprint density at radius 2 is 1.76 bits per heavy atom. The number of rotatable bonds is 5. The molecule has 1 N–H and O–H groups in total. The number of carbonyl (C=O) groups is 1. The zero-order valence-corrected chi connectivity index (χ0v) is 17.2. The average molecular weight is 389 g/mol. The van der Waals surface area contributed by atoms with E-state index in [1.807, 2.05) is 38.1 Å². The summed E-state index contributed by atoms with van der Waals surface area (Å²) in [6.45, 7) is 9.56. The highest BCUT2D eigenvalue weighted by atomic mass is 16.1. The number of aryl methyl sites for hydroxylation is 2. The van der Waals surface area contributed by atoms with E-state index in [0.717, 1.165) is 54.9 Å². The van der Waals surface area contributed by atoms with E-state index in [4.69, 9.17) is 0 Å². The Morgan fingerprint density at radius 3 is 2.52 bits per heavy atom. The molecule has 2 aromatic carbocycles. The molecule has 150 valence electrons. The SMILES string of the molecule is Cc1ccc2nc(C)cc(C(=O)NCCN3CCN(c4ccccc4)CC3)c2c1. The summed E-state index contributed by atoms with van der Waals surface area (Å²) in [4.78, 5) is 22.2. The number of carbonyl (C=O) groups excluding carboxylic acids is 1. The quantitative estimate of drug-likeness (QED) is 0.728. The Kier molecular flexibility index (Phi) is 5.76. The van der Waals surface area contributed by atoms with Gasteiger partial charge in [-0.1, -0.05) is 29.8 Å². The fraction of sp³-hybridized carbons (Fsp3) is 0.333. The summed E-state index contributed by atoms with van der Waals surface area (Å²) in [5, 5.41) is 4.03. The van der Waals surface area contributed by atoms with Crippen LogP contribution < -0.4 is 10.2 Å². The third-order valence-corrected chi connectivity index (χ3v) is 5.54. The van der Waals surface area contributed by atoms with Crippen LogP contribution in [0.1, 0.15) is 21.6 Å². The van der Waals surface area contributed by atoms with Crippen LogP contribution in [0.3, 0.4) is 0 Å². The lowest BCUT2D eigenvalue weighted by atomic mass is 10.0. The fourth-order valence-corrected chi connectivity index (χ4v) is 3.95. The molecule has 2 heterocycles. The van der Waals surface area contributed by atoms with E-state index in [1.54, 1.807) is 0 Å². The first-order chi connectivity index (χ1) is 14.1. The highest BCUT2D eigenvalue weighted by Crippen LogP contribution is 2.20. The number of hydrogen-bond donors (Lipinski definition) is 1. The predicted molar refractivity (Wildman–Crippen MR) is 119 cm³/mol. The highest BCUT2D eigenvalue weighted by molar-refractivity contribution is 6.06. The molecule has 0 unspecified atom stereocenters. The molecule has 1 amide bonds. The first kappa shape index (κ1) is 19.4. The Morgan fingerprint density at radius 1 is 1.00 bits per heavy atom. The largest absolute Gasteiger partial charge is 0.369 e. The Labute approximate surface area is 172 Å². The van der Waals surface area contributed by atoms with Gasteiger partial charge in [-0.2, -0.15) is 0 Å². The predicted octanol–water partition coefficient (Wildman–Crippen LogP) is 3.40. The molecule has 1 fully saturated rings. The van der Waals surface area contributed by atoms with Crippen LogP contribution in [-0.2, 0) is 0 Å². The number of amides is 1. The fourth-order valence-electron chi connectivity index (χ4n) is 3.95. The molecule has 3 aromatic rings.